The second kappa shape index (κ2) is 10.9. The minimum atomic E-state index is -3.98. The van der Waals surface area contributed by atoms with Crippen LogP contribution >= 0.6 is 0 Å². The second-order valence-corrected chi connectivity index (χ2v) is 11.7. The third-order valence-corrected chi connectivity index (χ3v) is 8.61. The average Bonchev–Trinajstić information content (AvgIpc) is 3.51. The number of rotatable bonds is 7. The zero-order chi connectivity index (χ0) is 27.6. The molecular weight excluding hydrogens is 514 g/mol. The molecule has 4 aromatic rings. The van der Waals surface area contributed by atoms with Gasteiger partial charge in [0.2, 0.25) is 0 Å². The van der Waals surface area contributed by atoms with Gasteiger partial charge in [-0.25, -0.2) is 17.9 Å². The summed E-state index contributed by atoms with van der Waals surface area (Å²) in [4.78, 5) is 25.1. The number of amides is 2. The molecule has 0 atom stereocenters. The van der Waals surface area contributed by atoms with Crippen LogP contribution in [0.3, 0.4) is 0 Å². The third-order valence-electron chi connectivity index (χ3n) is 7.12. The molecule has 0 unspecified atom stereocenters. The van der Waals surface area contributed by atoms with Gasteiger partial charge < -0.3 is 9.30 Å². The van der Waals surface area contributed by atoms with Crippen LogP contribution in [0.2, 0.25) is 0 Å². The monoisotopic (exact) mass is 545 g/mol. The lowest BCUT2D eigenvalue weighted by molar-refractivity contribution is 0.0981. The van der Waals surface area contributed by atoms with E-state index in [1.165, 1.54) is 6.07 Å². The molecule has 5 rings (SSSR count). The Morgan fingerprint density at radius 2 is 1.72 bits per heavy atom. The maximum atomic E-state index is 12.7. The van der Waals surface area contributed by atoms with E-state index < -0.39 is 22.0 Å². The van der Waals surface area contributed by atoms with Crippen LogP contribution in [0, 0.1) is 6.92 Å². The predicted molar refractivity (Wildman–Crippen MR) is 150 cm³/mol. The van der Waals surface area contributed by atoms with Gasteiger partial charge in [-0.3, -0.25) is 10.1 Å². The fourth-order valence-electron chi connectivity index (χ4n) is 5.08. The van der Waals surface area contributed by atoms with Crippen molar-refractivity contribution in [1.29, 1.82) is 0 Å². The molecule has 39 heavy (non-hydrogen) atoms. The van der Waals surface area contributed by atoms with Crippen LogP contribution in [0.4, 0.5) is 10.5 Å². The molecule has 8 nitrogen and oxygen atoms in total. The molecule has 0 aliphatic heterocycles. The lowest BCUT2D eigenvalue weighted by Crippen LogP contribution is -2.31. The van der Waals surface area contributed by atoms with Crippen LogP contribution in [0.5, 0.6) is 0 Å². The fraction of sp³-hybridized carbons (Fsp3) is 0.267. The zero-order valence-electron chi connectivity index (χ0n) is 21.9. The average molecular weight is 546 g/mol. The molecule has 1 aliphatic rings. The molecule has 1 heterocycles. The van der Waals surface area contributed by atoms with E-state index in [0.29, 0.717) is 17.7 Å². The fourth-order valence-corrected chi connectivity index (χ4v) is 6.31. The Morgan fingerprint density at radius 1 is 1.00 bits per heavy atom. The standard InChI is InChI=1S/C30H31N3O5S/c1-20-7-3-6-10-28(20)39(36,37)32-29(34)22-13-11-21(12-14-22)17-23-19-33(2)27-16-15-24(18-26(23)27)31-30(35)38-25-8-4-5-9-25/h3,6-7,10-16,18-19,25H,4-5,8-9,17H2,1-2H3,(H,31,35)(H,32,34). The number of benzene rings is 3. The predicted octanol–water partition coefficient (Wildman–Crippen LogP) is 5.69. The number of aryl methyl sites for hydroxylation is 2. The Hall–Kier alpha value is -4.11. The number of hydrogen-bond donors (Lipinski definition) is 2. The normalized spacial score (nSPS) is 13.9. The van der Waals surface area contributed by atoms with Gasteiger partial charge in [-0.15, -0.1) is 0 Å². The van der Waals surface area contributed by atoms with Gasteiger partial charge >= 0.3 is 6.09 Å². The number of sulfonamides is 1. The number of nitrogens with one attached hydrogen (secondary N) is 2. The van der Waals surface area contributed by atoms with Gasteiger partial charge in [0.15, 0.2) is 0 Å². The van der Waals surface area contributed by atoms with Gasteiger partial charge in [-0.2, -0.15) is 0 Å². The summed E-state index contributed by atoms with van der Waals surface area (Å²) >= 11 is 0. The molecule has 1 aliphatic carbocycles. The molecule has 0 bridgehead atoms. The lowest BCUT2D eigenvalue weighted by atomic mass is 10.0. The molecule has 1 aromatic heterocycles. The first-order valence-corrected chi connectivity index (χ1v) is 14.5. The minimum absolute atomic E-state index is 0.00589. The maximum absolute atomic E-state index is 12.7. The molecule has 9 heteroatoms. The number of fused-ring (bicyclic) bond motifs is 1. The first kappa shape index (κ1) is 26.5. The summed E-state index contributed by atoms with van der Waals surface area (Å²) < 4.78 is 35.1. The highest BCUT2D eigenvalue weighted by atomic mass is 32.2. The Bertz CT molecular complexity index is 1640. The Balaban J connectivity index is 1.29. The SMILES string of the molecule is Cc1ccccc1S(=O)(=O)NC(=O)c1ccc(Cc2cn(C)c3ccc(NC(=O)OC4CCCC4)cc23)cc1. The Morgan fingerprint density at radius 3 is 2.44 bits per heavy atom. The number of aromatic nitrogens is 1. The molecule has 0 radical (unpaired) electrons. The Labute approximate surface area is 228 Å². The lowest BCUT2D eigenvalue weighted by Gasteiger charge is -2.12. The highest BCUT2D eigenvalue weighted by Gasteiger charge is 2.21. The van der Waals surface area contributed by atoms with Crippen LogP contribution in [-0.4, -0.2) is 31.1 Å². The summed E-state index contributed by atoms with van der Waals surface area (Å²) in [7, 11) is -2.01. The quantitative estimate of drug-likeness (QED) is 0.310. The van der Waals surface area contributed by atoms with Crippen LogP contribution in [0.25, 0.3) is 10.9 Å². The van der Waals surface area contributed by atoms with E-state index in [1.54, 1.807) is 37.3 Å². The van der Waals surface area contributed by atoms with Crippen LogP contribution < -0.4 is 10.0 Å². The minimum Gasteiger partial charge on any atom is -0.446 e. The van der Waals surface area contributed by atoms with E-state index >= 15 is 0 Å². The maximum Gasteiger partial charge on any atom is 0.411 e. The van der Waals surface area contributed by atoms with Gasteiger partial charge in [-0.1, -0.05) is 30.3 Å². The summed E-state index contributed by atoms with van der Waals surface area (Å²) in [6.07, 6.45) is 6.21. The van der Waals surface area contributed by atoms with Crippen molar-refractivity contribution >= 4 is 38.6 Å². The van der Waals surface area contributed by atoms with Crippen molar-refractivity contribution in [2.24, 2.45) is 7.05 Å². The molecule has 0 spiro atoms. The van der Waals surface area contributed by atoms with Crippen molar-refractivity contribution in [1.82, 2.24) is 9.29 Å². The number of carbonyl (C=O) groups is 2. The van der Waals surface area contributed by atoms with E-state index in [2.05, 4.69) is 10.0 Å². The summed E-state index contributed by atoms with van der Waals surface area (Å²) in [5, 5.41) is 3.85. The van der Waals surface area contributed by atoms with Gasteiger partial charge in [0.1, 0.15) is 6.10 Å². The highest BCUT2D eigenvalue weighted by molar-refractivity contribution is 7.90. The number of hydrogen-bond acceptors (Lipinski definition) is 5. The summed E-state index contributed by atoms with van der Waals surface area (Å²) in [5.41, 5.74) is 4.52. The van der Waals surface area contributed by atoms with Crippen LogP contribution in [-0.2, 0) is 28.2 Å². The largest absolute Gasteiger partial charge is 0.446 e. The van der Waals surface area contributed by atoms with Gasteiger partial charge in [0.05, 0.1) is 4.90 Å². The van der Waals surface area contributed by atoms with Gasteiger partial charge in [0, 0.05) is 35.4 Å². The molecule has 2 N–H and O–H groups in total. The third kappa shape index (κ3) is 5.98. The molecule has 1 fully saturated rings. The molecule has 202 valence electrons. The van der Waals surface area contributed by atoms with Crippen LogP contribution in [0.1, 0.15) is 52.7 Å². The van der Waals surface area contributed by atoms with E-state index in [-0.39, 0.29) is 16.6 Å². The second-order valence-electron chi connectivity index (χ2n) is 10.0. The smallest absolute Gasteiger partial charge is 0.411 e. The molecule has 3 aromatic carbocycles. The first-order chi connectivity index (χ1) is 18.7. The van der Waals surface area contributed by atoms with Gasteiger partial charge in [0.25, 0.3) is 15.9 Å². The molecule has 2 amide bonds. The zero-order valence-corrected chi connectivity index (χ0v) is 22.8. The van der Waals surface area contributed by atoms with Crippen molar-refractivity contribution in [2.75, 3.05) is 5.32 Å². The van der Waals surface area contributed by atoms with Crippen molar-refractivity contribution in [3.63, 3.8) is 0 Å². The van der Waals surface area contributed by atoms with Crippen molar-refractivity contribution in [3.05, 3.63) is 95.2 Å². The summed E-state index contributed by atoms with van der Waals surface area (Å²) in [6.45, 7) is 1.68. The van der Waals surface area contributed by atoms with Crippen molar-refractivity contribution in [2.45, 2.75) is 50.0 Å². The summed E-state index contributed by atoms with van der Waals surface area (Å²) in [5.74, 6) is -0.685. The van der Waals surface area contributed by atoms with Crippen molar-refractivity contribution in [3.8, 4) is 0 Å². The first-order valence-electron chi connectivity index (χ1n) is 13.0. The number of nitrogens with zero attached hydrogens (tertiary/aromatic N) is 1. The number of ether oxygens (including phenoxy) is 1. The number of anilines is 1. The molecule has 0 saturated heterocycles. The Kier molecular flexibility index (Phi) is 7.43. The van der Waals surface area contributed by atoms with E-state index in [4.69, 9.17) is 4.74 Å². The van der Waals surface area contributed by atoms with Gasteiger partial charge in [-0.05, 0) is 92.1 Å². The van der Waals surface area contributed by atoms with Crippen LogP contribution in [0.15, 0.2) is 77.8 Å². The highest BCUT2D eigenvalue weighted by Crippen LogP contribution is 2.27. The molecular formula is C30H31N3O5S. The van der Waals surface area contributed by atoms with E-state index in [9.17, 15) is 18.0 Å². The summed E-state index contributed by atoms with van der Waals surface area (Å²) in [6, 6.07) is 19.2. The van der Waals surface area contributed by atoms with E-state index in [0.717, 1.165) is 47.7 Å². The topological polar surface area (TPSA) is 107 Å². The van der Waals surface area contributed by atoms with Crippen molar-refractivity contribution < 1.29 is 22.7 Å². The number of carbonyl (C=O) groups excluding carboxylic acids is 2. The molecule has 1 saturated carbocycles. The van der Waals surface area contributed by atoms with E-state index in [1.807, 2.05) is 48.1 Å².